The third-order valence-electron chi connectivity index (χ3n) is 2.63. The van der Waals surface area contributed by atoms with Crippen LogP contribution >= 0.6 is 0 Å². The zero-order valence-electron chi connectivity index (χ0n) is 10.9. The van der Waals surface area contributed by atoms with E-state index in [0.29, 0.717) is 11.3 Å². The molecule has 2 aromatic rings. The van der Waals surface area contributed by atoms with E-state index in [1.165, 1.54) is 37.4 Å². The topological polar surface area (TPSA) is 78.7 Å². The molecule has 108 valence electrons. The minimum Gasteiger partial charge on any atom is -0.465 e. The van der Waals surface area contributed by atoms with Crippen LogP contribution in [0.2, 0.25) is 0 Å². The number of nitrogens with zero attached hydrogens (tertiary/aromatic N) is 1. The lowest BCUT2D eigenvalue weighted by Crippen LogP contribution is -2.00. The first kappa shape index (κ1) is 14.4. The van der Waals surface area contributed by atoms with Gasteiger partial charge in [-0.05, 0) is 30.3 Å². The highest BCUT2D eigenvalue weighted by molar-refractivity contribution is 5.89. The van der Waals surface area contributed by atoms with Crippen LogP contribution in [0.25, 0.3) is 0 Å². The monoisotopic (exact) mass is 291 g/mol. The van der Waals surface area contributed by atoms with E-state index in [9.17, 15) is 19.3 Å². The molecule has 0 heterocycles. The second-order valence-electron chi connectivity index (χ2n) is 3.99. The molecule has 0 atom stereocenters. The quantitative estimate of drug-likeness (QED) is 0.490. The fourth-order valence-electron chi connectivity index (χ4n) is 1.61. The van der Waals surface area contributed by atoms with Crippen LogP contribution in [0.1, 0.15) is 10.4 Å². The molecule has 0 fully saturated rings. The van der Waals surface area contributed by atoms with E-state index in [4.69, 9.17) is 4.74 Å². The maximum absolute atomic E-state index is 13.4. The standard InChI is InChI=1S/C14H10FNO5/c1-20-14(17)9-2-4-10(5-3-9)21-11-6-7-13(16(18)19)12(15)8-11/h2-8H,1H3. The van der Waals surface area contributed by atoms with Gasteiger partial charge in [-0.1, -0.05) is 0 Å². The van der Waals surface area contributed by atoms with Crippen LogP contribution in [-0.4, -0.2) is 18.0 Å². The lowest BCUT2D eigenvalue weighted by atomic mass is 10.2. The van der Waals surface area contributed by atoms with E-state index in [1.54, 1.807) is 0 Å². The Kier molecular flexibility index (Phi) is 4.13. The van der Waals surface area contributed by atoms with Crippen molar-refractivity contribution in [2.75, 3.05) is 7.11 Å². The molecular weight excluding hydrogens is 281 g/mol. The summed E-state index contributed by atoms with van der Waals surface area (Å²) in [6.07, 6.45) is 0. The number of nitro groups is 1. The van der Waals surface area contributed by atoms with E-state index in [0.717, 1.165) is 12.1 Å². The number of esters is 1. The smallest absolute Gasteiger partial charge is 0.337 e. The molecular formula is C14H10FNO5. The number of carbonyl (C=O) groups excluding carboxylic acids is 1. The fourth-order valence-corrected chi connectivity index (χ4v) is 1.61. The van der Waals surface area contributed by atoms with Crippen molar-refractivity contribution in [3.05, 3.63) is 64.0 Å². The highest BCUT2D eigenvalue weighted by Gasteiger charge is 2.14. The van der Waals surface area contributed by atoms with Gasteiger partial charge in [-0.25, -0.2) is 4.79 Å². The molecule has 0 N–H and O–H groups in total. The van der Waals surface area contributed by atoms with Crippen molar-refractivity contribution in [2.24, 2.45) is 0 Å². The van der Waals surface area contributed by atoms with Gasteiger partial charge in [-0.15, -0.1) is 0 Å². The zero-order valence-corrected chi connectivity index (χ0v) is 10.9. The second kappa shape index (κ2) is 6.00. The number of carbonyl (C=O) groups is 1. The average molecular weight is 291 g/mol. The number of ether oxygens (including phenoxy) is 2. The van der Waals surface area contributed by atoms with Gasteiger partial charge in [-0.2, -0.15) is 4.39 Å². The van der Waals surface area contributed by atoms with Gasteiger partial charge in [0, 0.05) is 12.1 Å². The van der Waals surface area contributed by atoms with Crippen molar-refractivity contribution in [2.45, 2.75) is 0 Å². The molecule has 0 bridgehead atoms. The minimum absolute atomic E-state index is 0.115. The first-order chi connectivity index (χ1) is 10.0. The summed E-state index contributed by atoms with van der Waals surface area (Å²) < 4.78 is 23.3. The molecule has 0 aliphatic heterocycles. The first-order valence-electron chi connectivity index (χ1n) is 5.81. The molecule has 2 aromatic carbocycles. The number of benzene rings is 2. The van der Waals surface area contributed by atoms with E-state index < -0.39 is 22.4 Å². The summed E-state index contributed by atoms with van der Waals surface area (Å²) in [7, 11) is 1.27. The van der Waals surface area contributed by atoms with E-state index in [2.05, 4.69) is 4.74 Å². The number of halogens is 1. The van der Waals surface area contributed by atoms with E-state index >= 15 is 0 Å². The highest BCUT2D eigenvalue weighted by Crippen LogP contribution is 2.26. The number of methoxy groups -OCH3 is 1. The highest BCUT2D eigenvalue weighted by atomic mass is 19.1. The summed E-state index contributed by atoms with van der Waals surface area (Å²) in [6.45, 7) is 0. The molecule has 0 saturated heterocycles. The number of rotatable bonds is 4. The Morgan fingerprint density at radius 1 is 1.14 bits per heavy atom. The van der Waals surface area contributed by atoms with Gasteiger partial charge >= 0.3 is 11.7 Å². The van der Waals surface area contributed by atoms with Crippen molar-refractivity contribution >= 4 is 11.7 Å². The number of hydrogen-bond acceptors (Lipinski definition) is 5. The van der Waals surface area contributed by atoms with Crippen LogP contribution in [-0.2, 0) is 4.74 Å². The van der Waals surface area contributed by atoms with Crippen LogP contribution in [0.15, 0.2) is 42.5 Å². The Balaban J connectivity index is 2.17. The van der Waals surface area contributed by atoms with Crippen LogP contribution in [0.3, 0.4) is 0 Å². The normalized spacial score (nSPS) is 10.0. The third-order valence-corrected chi connectivity index (χ3v) is 2.63. The van der Waals surface area contributed by atoms with Gasteiger partial charge in [0.05, 0.1) is 17.6 Å². The predicted molar refractivity (Wildman–Crippen MR) is 70.9 cm³/mol. The fraction of sp³-hybridized carbons (Fsp3) is 0.0714. The van der Waals surface area contributed by atoms with Gasteiger partial charge in [0.2, 0.25) is 5.82 Å². The molecule has 0 saturated carbocycles. The molecule has 7 heteroatoms. The number of hydrogen-bond donors (Lipinski definition) is 0. The minimum atomic E-state index is -0.983. The Morgan fingerprint density at radius 2 is 1.76 bits per heavy atom. The van der Waals surface area contributed by atoms with Crippen molar-refractivity contribution in [3.63, 3.8) is 0 Å². The van der Waals surface area contributed by atoms with Gasteiger partial charge in [0.1, 0.15) is 11.5 Å². The molecule has 0 amide bonds. The third kappa shape index (κ3) is 3.33. The van der Waals surface area contributed by atoms with E-state index in [1.807, 2.05) is 0 Å². The summed E-state index contributed by atoms with van der Waals surface area (Å²) in [6, 6.07) is 9.22. The largest absolute Gasteiger partial charge is 0.465 e. The summed E-state index contributed by atoms with van der Waals surface area (Å²) >= 11 is 0. The Hall–Kier alpha value is -2.96. The first-order valence-corrected chi connectivity index (χ1v) is 5.81. The SMILES string of the molecule is COC(=O)c1ccc(Oc2ccc([N+](=O)[O-])c(F)c2)cc1. The summed E-state index contributed by atoms with van der Waals surface area (Å²) in [4.78, 5) is 20.9. The Morgan fingerprint density at radius 3 is 2.29 bits per heavy atom. The van der Waals surface area contributed by atoms with Gasteiger partial charge in [0.25, 0.3) is 0 Å². The van der Waals surface area contributed by atoms with Crippen LogP contribution < -0.4 is 4.74 Å². The maximum atomic E-state index is 13.4. The Labute approximate surface area is 118 Å². The number of nitro benzene ring substituents is 1. The zero-order chi connectivity index (χ0) is 15.4. The maximum Gasteiger partial charge on any atom is 0.337 e. The van der Waals surface area contributed by atoms with Crippen molar-refractivity contribution in [1.82, 2.24) is 0 Å². The molecule has 6 nitrogen and oxygen atoms in total. The van der Waals surface area contributed by atoms with Gasteiger partial charge in [-0.3, -0.25) is 10.1 Å². The van der Waals surface area contributed by atoms with Gasteiger partial charge in [0.15, 0.2) is 0 Å². The van der Waals surface area contributed by atoms with Crippen LogP contribution in [0, 0.1) is 15.9 Å². The van der Waals surface area contributed by atoms with E-state index in [-0.39, 0.29) is 5.75 Å². The summed E-state index contributed by atoms with van der Waals surface area (Å²) in [5.74, 6) is -0.994. The molecule has 2 rings (SSSR count). The molecule has 0 unspecified atom stereocenters. The predicted octanol–water partition coefficient (Wildman–Crippen LogP) is 3.31. The summed E-state index contributed by atoms with van der Waals surface area (Å²) in [5.41, 5.74) is -0.275. The lowest BCUT2D eigenvalue weighted by molar-refractivity contribution is -0.387. The van der Waals surface area contributed by atoms with Gasteiger partial charge < -0.3 is 9.47 Å². The molecule has 21 heavy (non-hydrogen) atoms. The molecule has 0 aromatic heterocycles. The molecule has 0 radical (unpaired) electrons. The van der Waals surface area contributed by atoms with Crippen LogP contribution in [0.4, 0.5) is 10.1 Å². The molecule has 0 aliphatic carbocycles. The average Bonchev–Trinajstić information content (AvgIpc) is 2.47. The van der Waals surface area contributed by atoms with Crippen molar-refractivity contribution in [3.8, 4) is 11.5 Å². The lowest BCUT2D eigenvalue weighted by Gasteiger charge is -2.06. The molecule has 0 aliphatic rings. The van der Waals surface area contributed by atoms with Crippen molar-refractivity contribution in [1.29, 1.82) is 0 Å². The summed E-state index contributed by atoms with van der Waals surface area (Å²) in [5, 5.41) is 10.5. The molecule has 0 spiro atoms. The van der Waals surface area contributed by atoms with Crippen LogP contribution in [0.5, 0.6) is 11.5 Å². The van der Waals surface area contributed by atoms with Crippen molar-refractivity contribution < 1.29 is 23.6 Å². The second-order valence-corrected chi connectivity index (χ2v) is 3.99. The Bertz CT molecular complexity index is 684.